The number of aliphatic hydroxyl groups is 2. The lowest BCUT2D eigenvalue weighted by atomic mass is 9.78. The van der Waals surface area contributed by atoms with Gasteiger partial charge in [-0.3, -0.25) is 5.32 Å². The number of hydrogen-bond donors (Lipinski definition) is 3. The van der Waals surface area contributed by atoms with Crippen LogP contribution in [0.25, 0.3) is 0 Å². The van der Waals surface area contributed by atoms with Gasteiger partial charge in [0.2, 0.25) is 5.72 Å². The first-order chi connectivity index (χ1) is 9.07. The molecule has 3 heteroatoms. The Kier molecular flexibility index (Phi) is 1.85. The zero-order valence-corrected chi connectivity index (χ0v) is 10.6. The highest BCUT2D eigenvalue weighted by molar-refractivity contribution is 5.62. The fourth-order valence-electron chi connectivity index (χ4n) is 3.60. The maximum absolute atomic E-state index is 10.9. The van der Waals surface area contributed by atoms with Crippen molar-refractivity contribution in [1.29, 1.82) is 0 Å². The summed E-state index contributed by atoms with van der Waals surface area (Å²) in [4.78, 5) is 0. The van der Waals surface area contributed by atoms with E-state index in [-0.39, 0.29) is 5.76 Å². The Hall–Kier alpha value is -1.84. The molecule has 0 aromatic heterocycles. The molecule has 0 spiro atoms. The average molecular weight is 253 g/mol. The van der Waals surface area contributed by atoms with Gasteiger partial charge in [-0.1, -0.05) is 42.5 Å². The molecule has 3 aliphatic rings. The van der Waals surface area contributed by atoms with Gasteiger partial charge in [-0.05, 0) is 24.5 Å². The van der Waals surface area contributed by atoms with E-state index < -0.39 is 11.3 Å². The molecule has 4 rings (SSSR count). The molecule has 0 fully saturated rings. The molecule has 0 saturated carbocycles. The standard InChI is InChI=1S/C16H15NO2/c1-15-11-7-3-2-6-10(11)14(18)16(19,17-15)13-9-5-4-8-12(13)15/h2-5,7-9,17-19H,6H2,1H3. The Morgan fingerprint density at radius 2 is 1.95 bits per heavy atom. The van der Waals surface area contributed by atoms with Crippen molar-refractivity contribution in [2.45, 2.75) is 24.6 Å². The Bertz CT molecular complexity index is 686. The number of benzene rings is 1. The van der Waals surface area contributed by atoms with Gasteiger partial charge in [-0.2, -0.15) is 0 Å². The van der Waals surface area contributed by atoms with Crippen molar-refractivity contribution in [3.63, 3.8) is 0 Å². The number of nitrogens with one attached hydrogen (secondary N) is 1. The van der Waals surface area contributed by atoms with Crippen LogP contribution in [0.1, 0.15) is 24.5 Å². The van der Waals surface area contributed by atoms with Crippen LogP contribution in [-0.2, 0) is 11.3 Å². The molecule has 0 amide bonds. The Labute approximate surface area is 111 Å². The highest BCUT2D eigenvalue weighted by Gasteiger charge is 2.57. The second-order valence-electron chi connectivity index (χ2n) is 5.55. The van der Waals surface area contributed by atoms with Gasteiger partial charge in [0.25, 0.3) is 0 Å². The second-order valence-corrected chi connectivity index (χ2v) is 5.55. The van der Waals surface area contributed by atoms with E-state index in [4.69, 9.17) is 0 Å². The summed E-state index contributed by atoms with van der Waals surface area (Å²) in [5.74, 6) is 0.0329. The van der Waals surface area contributed by atoms with Gasteiger partial charge < -0.3 is 10.2 Å². The van der Waals surface area contributed by atoms with E-state index in [1.54, 1.807) is 0 Å². The largest absolute Gasteiger partial charge is 0.507 e. The van der Waals surface area contributed by atoms with Crippen LogP contribution >= 0.6 is 0 Å². The minimum absolute atomic E-state index is 0.0329. The molecule has 1 aromatic carbocycles. The molecule has 0 saturated heterocycles. The predicted octanol–water partition coefficient (Wildman–Crippen LogP) is 2.36. The number of rotatable bonds is 0. The molecule has 19 heavy (non-hydrogen) atoms. The molecule has 2 bridgehead atoms. The SMILES string of the molecule is CC12NC(O)(C(O)=C3CC=CC=C31)c1ccccc12. The fourth-order valence-corrected chi connectivity index (χ4v) is 3.60. The van der Waals surface area contributed by atoms with Gasteiger partial charge >= 0.3 is 0 Å². The van der Waals surface area contributed by atoms with Gasteiger partial charge in [0.1, 0.15) is 5.76 Å². The van der Waals surface area contributed by atoms with E-state index in [1.807, 2.05) is 42.5 Å². The van der Waals surface area contributed by atoms with Crippen molar-refractivity contribution in [2.75, 3.05) is 0 Å². The minimum atomic E-state index is -1.46. The van der Waals surface area contributed by atoms with E-state index in [2.05, 4.69) is 12.2 Å². The molecule has 96 valence electrons. The summed E-state index contributed by atoms with van der Waals surface area (Å²) < 4.78 is 0. The second kappa shape index (κ2) is 3.18. The minimum Gasteiger partial charge on any atom is -0.507 e. The first-order valence-corrected chi connectivity index (χ1v) is 6.49. The summed E-state index contributed by atoms with van der Waals surface area (Å²) in [6.07, 6.45) is 6.68. The summed E-state index contributed by atoms with van der Waals surface area (Å²) >= 11 is 0. The van der Waals surface area contributed by atoms with E-state index in [0.29, 0.717) is 6.42 Å². The van der Waals surface area contributed by atoms with Gasteiger partial charge in [-0.15, -0.1) is 0 Å². The van der Waals surface area contributed by atoms with Crippen molar-refractivity contribution in [2.24, 2.45) is 0 Å². The van der Waals surface area contributed by atoms with Crippen LogP contribution in [0.15, 0.2) is 59.4 Å². The molecular formula is C16H15NO2. The normalized spacial score (nSPS) is 34.9. The van der Waals surface area contributed by atoms with Gasteiger partial charge in [0, 0.05) is 11.1 Å². The fraction of sp³-hybridized carbons (Fsp3) is 0.250. The van der Waals surface area contributed by atoms with Crippen molar-refractivity contribution in [3.8, 4) is 0 Å². The lowest BCUT2D eigenvalue weighted by Crippen LogP contribution is -2.52. The number of hydrogen-bond acceptors (Lipinski definition) is 3. The first-order valence-electron chi connectivity index (χ1n) is 6.49. The highest BCUT2D eigenvalue weighted by atomic mass is 16.4. The number of fused-ring (bicyclic) bond motifs is 7. The molecule has 1 aromatic rings. The molecule has 2 aliphatic heterocycles. The summed E-state index contributed by atoms with van der Waals surface area (Å²) in [5, 5.41) is 24.6. The van der Waals surface area contributed by atoms with Gasteiger partial charge in [0.05, 0.1) is 5.54 Å². The van der Waals surface area contributed by atoms with Crippen molar-refractivity contribution in [1.82, 2.24) is 5.32 Å². The highest BCUT2D eigenvalue weighted by Crippen LogP contribution is 2.54. The van der Waals surface area contributed by atoms with Gasteiger partial charge in [-0.25, -0.2) is 0 Å². The van der Waals surface area contributed by atoms with Crippen molar-refractivity contribution in [3.05, 3.63) is 70.5 Å². The van der Waals surface area contributed by atoms with Crippen LogP contribution in [0.4, 0.5) is 0 Å². The molecule has 1 aliphatic carbocycles. The predicted molar refractivity (Wildman–Crippen MR) is 72.3 cm³/mol. The lowest BCUT2D eigenvalue weighted by molar-refractivity contribution is -0.0142. The maximum atomic E-state index is 10.9. The monoisotopic (exact) mass is 253 g/mol. The summed E-state index contributed by atoms with van der Waals surface area (Å²) in [6, 6.07) is 7.73. The van der Waals surface area contributed by atoms with Crippen LogP contribution in [0.3, 0.4) is 0 Å². The van der Waals surface area contributed by atoms with Gasteiger partial charge in [0.15, 0.2) is 0 Å². The third-order valence-corrected chi connectivity index (χ3v) is 4.50. The third-order valence-electron chi connectivity index (χ3n) is 4.50. The molecule has 2 unspecified atom stereocenters. The molecular weight excluding hydrogens is 238 g/mol. The Morgan fingerprint density at radius 1 is 1.21 bits per heavy atom. The molecule has 3 nitrogen and oxygen atoms in total. The van der Waals surface area contributed by atoms with Crippen molar-refractivity contribution < 1.29 is 10.2 Å². The Balaban J connectivity index is 2.12. The molecule has 2 atom stereocenters. The Morgan fingerprint density at radius 3 is 2.74 bits per heavy atom. The quantitative estimate of drug-likeness (QED) is 0.665. The maximum Gasteiger partial charge on any atom is 0.202 e. The summed E-state index contributed by atoms with van der Waals surface area (Å²) in [7, 11) is 0. The van der Waals surface area contributed by atoms with Crippen LogP contribution < -0.4 is 5.32 Å². The van der Waals surface area contributed by atoms with E-state index in [1.165, 1.54) is 0 Å². The van der Waals surface area contributed by atoms with E-state index in [0.717, 1.165) is 22.3 Å². The van der Waals surface area contributed by atoms with E-state index in [9.17, 15) is 10.2 Å². The zero-order valence-electron chi connectivity index (χ0n) is 10.6. The van der Waals surface area contributed by atoms with E-state index >= 15 is 0 Å². The number of aliphatic hydroxyl groups excluding tert-OH is 1. The topological polar surface area (TPSA) is 52.5 Å². The third kappa shape index (κ3) is 1.10. The summed E-state index contributed by atoms with van der Waals surface area (Å²) in [5.41, 5.74) is 1.75. The average Bonchev–Trinajstić information content (AvgIpc) is 2.66. The van der Waals surface area contributed by atoms with Crippen LogP contribution in [0.5, 0.6) is 0 Å². The van der Waals surface area contributed by atoms with Crippen LogP contribution in [0.2, 0.25) is 0 Å². The molecule has 3 N–H and O–H groups in total. The zero-order chi connectivity index (χ0) is 13.3. The lowest BCUT2D eigenvalue weighted by Gasteiger charge is -2.40. The van der Waals surface area contributed by atoms with Crippen LogP contribution in [0, 0.1) is 0 Å². The molecule has 2 heterocycles. The van der Waals surface area contributed by atoms with Crippen LogP contribution in [-0.4, -0.2) is 10.2 Å². The first kappa shape index (κ1) is 11.0. The van der Waals surface area contributed by atoms with Crippen molar-refractivity contribution >= 4 is 0 Å². The molecule has 0 radical (unpaired) electrons. The summed E-state index contributed by atoms with van der Waals surface area (Å²) in [6.45, 7) is 2.06. The number of allylic oxidation sites excluding steroid dienone is 3. The smallest absolute Gasteiger partial charge is 0.202 e.